The second-order valence-corrected chi connectivity index (χ2v) is 6.44. The maximum atomic E-state index is 12.6. The fourth-order valence-electron chi connectivity index (χ4n) is 3.24. The molecule has 144 valence electrons. The first-order valence-electron chi connectivity index (χ1n) is 8.84. The summed E-state index contributed by atoms with van der Waals surface area (Å²) in [7, 11) is 0. The molecule has 1 aliphatic rings. The zero-order valence-electron chi connectivity index (χ0n) is 15.3. The standard InChI is InChI=1S/C21H18O7/c1-3-25-21(24)20-17(12-4-6-13(22)7-5-12)26-15-9-8-14-11(2)10-16(23)27-18(14)19(15)28-20/h4-10,17,20,22H,3H2,1-2H3. The zero-order chi connectivity index (χ0) is 19.8. The molecule has 7 heteroatoms. The lowest BCUT2D eigenvalue weighted by Gasteiger charge is -2.33. The van der Waals surface area contributed by atoms with Gasteiger partial charge in [0.1, 0.15) is 5.75 Å². The van der Waals surface area contributed by atoms with E-state index in [4.69, 9.17) is 18.6 Å². The number of carbonyl (C=O) groups excluding carboxylic acids is 1. The first-order valence-corrected chi connectivity index (χ1v) is 8.84. The Balaban J connectivity index is 1.85. The van der Waals surface area contributed by atoms with E-state index in [2.05, 4.69) is 0 Å². The molecule has 0 fully saturated rings. The molecule has 0 aliphatic carbocycles. The molecule has 1 N–H and O–H groups in total. The third kappa shape index (κ3) is 3.05. The highest BCUT2D eigenvalue weighted by Crippen LogP contribution is 2.44. The Kier molecular flexibility index (Phi) is 4.43. The van der Waals surface area contributed by atoms with Crippen molar-refractivity contribution in [1.29, 1.82) is 0 Å². The molecular formula is C21H18O7. The Bertz CT molecular complexity index is 1100. The van der Waals surface area contributed by atoms with Crippen LogP contribution in [0.4, 0.5) is 0 Å². The van der Waals surface area contributed by atoms with Crippen LogP contribution in [-0.4, -0.2) is 23.8 Å². The van der Waals surface area contributed by atoms with Crippen molar-refractivity contribution >= 4 is 16.9 Å². The van der Waals surface area contributed by atoms with Crippen LogP contribution in [0.25, 0.3) is 11.0 Å². The average Bonchev–Trinajstić information content (AvgIpc) is 2.67. The number of esters is 1. The highest BCUT2D eigenvalue weighted by atomic mass is 16.6. The molecule has 0 radical (unpaired) electrons. The van der Waals surface area contributed by atoms with Crippen molar-refractivity contribution in [3.63, 3.8) is 0 Å². The van der Waals surface area contributed by atoms with E-state index in [9.17, 15) is 14.7 Å². The summed E-state index contributed by atoms with van der Waals surface area (Å²) in [6, 6.07) is 11.2. The van der Waals surface area contributed by atoms with E-state index >= 15 is 0 Å². The summed E-state index contributed by atoms with van der Waals surface area (Å²) in [6.45, 7) is 3.66. The van der Waals surface area contributed by atoms with Gasteiger partial charge in [-0.25, -0.2) is 9.59 Å². The third-order valence-corrected chi connectivity index (χ3v) is 4.55. The maximum absolute atomic E-state index is 12.6. The predicted molar refractivity (Wildman–Crippen MR) is 99.7 cm³/mol. The number of fused-ring (bicyclic) bond motifs is 3. The summed E-state index contributed by atoms with van der Waals surface area (Å²) < 4.78 is 22.5. The third-order valence-electron chi connectivity index (χ3n) is 4.55. The van der Waals surface area contributed by atoms with Gasteiger partial charge in [-0.3, -0.25) is 0 Å². The lowest BCUT2D eigenvalue weighted by Crippen LogP contribution is -2.40. The number of phenols is 1. The van der Waals surface area contributed by atoms with E-state index in [-0.39, 0.29) is 23.7 Å². The van der Waals surface area contributed by atoms with E-state index in [0.29, 0.717) is 16.7 Å². The molecule has 0 amide bonds. The van der Waals surface area contributed by atoms with Crippen molar-refractivity contribution in [2.75, 3.05) is 6.61 Å². The van der Waals surface area contributed by atoms with E-state index in [1.54, 1.807) is 38.1 Å². The van der Waals surface area contributed by atoms with Crippen molar-refractivity contribution in [3.8, 4) is 17.2 Å². The van der Waals surface area contributed by atoms with E-state index in [1.807, 2.05) is 0 Å². The van der Waals surface area contributed by atoms with Gasteiger partial charge in [0.05, 0.1) is 6.61 Å². The molecule has 2 atom stereocenters. The number of hydrogen-bond acceptors (Lipinski definition) is 7. The second-order valence-electron chi connectivity index (χ2n) is 6.44. The van der Waals surface area contributed by atoms with E-state index in [0.717, 1.165) is 5.56 Å². The molecule has 3 aromatic rings. The van der Waals surface area contributed by atoms with Crippen LogP contribution in [0, 0.1) is 6.92 Å². The predicted octanol–water partition coefficient (Wildman–Crippen LogP) is 3.25. The molecule has 2 aromatic carbocycles. The van der Waals surface area contributed by atoms with Gasteiger partial charge in [0.2, 0.25) is 11.9 Å². The summed E-state index contributed by atoms with van der Waals surface area (Å²) in [5, 5.41) is 10.2. The molecule has 2 unspecified atom stereocenters. The summed E-state index contributed by atoms with van der Waals surface area (Å²) in [5.41, 5.74) is 1.06. The van der Waals surface area contributed by atoms with Gasteiger partial charge in [0.15, 0.2) is 17.4 Å². The molecule has 28 heavy (non-hydrogen) atoms. The van der Waals surface area contributed by atoms with Crippen LogP contribution in [-0.2, 0) is 9.53 Å². The monoisotopic (exact) mass is 382 g/mol. The van der Waals surface area contributed by atoms with Crippen LogP contribution >= 0.6 is 0 Å². The first-order chi connectivity index (χ1) is 13.5. The van der Waals surface area contributed by atoms with Gasteiger partial charge >= 0.3 is 11.6 Å². The van der Waals surface area contributed by atoms with Crippen molar-refractivity contribution in [1.82, 2.24) is 0 Å². The van der Waals surface area contributed by atoms with Gasteiger partial charge in [0.25, 0.3) is 0 Å². The largest absolute Gasteiger partial charge is 0.508 e. The van der Waals surface area contributed by atoms with Crippen LogP contribution in [0.2, 0.25) is 0 Å². The number of hydrogen-bond donors (Lipinski definition) is 1. The van der Waals surface area contributed by atoms with Gasteiger partial charge in [0, 0.05) is 11.5 Å². The minimum absolute atomic E-state index is 0.0943. The summed E-state index contributed by atoms with van der Waals surface area (Å²) in [4.78, 5) is 24.4. The summed E-state index contributed by atoms with van der Waals surface area (Å²) in [5.74, 6) is 0.0290. The fraction of sp³-hybridized carbons (Fsp3) is 0.238. The van der Waals surface area contributed by atoms with Crippen molar-refractivity contribution < 1.29 is 28.5 Å². The molecule has 1 aromatic heterocycles. The van der Waals surface area contributed by atoms with Crippen LogP contribution in [0.3, 0.4) is 0 Å². The SMILES string of the molecule is CCOC(=O)C1Oc2c(ccc3c(C)cc(=O)oc23)OC1c1ccc(O)cc1. The van der Waals surface area contributed by atoms with Gasteiger partial charge < -0.3 is 23.7 Å². The average molecular weight is 382 g/mol. The lowest BCUT2D eigenvalue weighted by molar-refractivity contribution is -0.158. The van der Waals surface area contributed by atoms with Crippen molar-refractivity contribution in [2.45, 2.75) is 26.1 Å². The van der Waals surface area contributed by atoms with Gasteiger partial charge in [-0.05, 0) is 49.2 Å². The number of aryl methyl sites for hydroxylation is 1. The van der Waals surface area contributed by atoms with E-state index < -0.39 is 23.8 Å². The molecular weight excluding hydrogens is 364 g/mol. The number of benzene rings is 2. The highest BCUT2D eigenvalue weighted by Gasteiger charge is 2.40. The van der Waals surface area contributed by atoms with Crippen molar-refractivity contribution in [3.05, 3.63) is 64.0 Å². The number of ether oxygens (including phenoxy) is 3. The molecule has 0 bridgehead atoms. The topological polar surface area (TPSA) is 95.2 Å². The Morgan fingerprint density at radius 2 is 1.89 bits per heavy atom. The lowest BCUT2D eigenvalue weighted by atomic mass is 10.0. The minimum Gasteiger partial charge on any atom is -0.508 e. The fourth-order valence-corrected chi connectivity index (χ4v) is 3.24. The number of aromatic hydroxyl groups is 1. The molecule has 0 saturated carbocycles. The molecule has 0 saturated heterocycles. The molecule has 4 rings (SSSR count). The maximum Gasteiger partial charge on any atom is 0.351 e. The quantitative estimate of drug-likeness (QED) is 0.549. The van der Waals surface area contributed by atoms with Crippen LogP contribution in [0.1, 0.15) is 24.2 Å². The Labute approximate surface area is 160 Å². The van der Waals surface area contributed by atoms with Crippen molar-refractivity contribution in [2.24, 2.45) is 0 Å². The van der Waals surface area contributed by atoms with Gasteiger partial charge in [-0.2, -0.15) is 0 Å². The Morgan fingerprint density at radius 1 is 1.14 bits per heavy atom. The van der Waals surface area contributed by atoms with Crippen LogP contribution in [0.15, 0.2) is 51.7 Å². The van der Waals surface area contributed by atoms with Gasteiger partial charge in [-0.15, -0.1) is 0 Å². The molecule has 7 nitrogen and oxygen atoms in total. The van der Waals surface area contributed by atoms with Crippen LogP contribution < -0.4 is 15.1 Å². The van der Waals surface area contributed by atoms with Gasteiger partial charge in [-0.1, -0.05) is 12.1 Å². The normalized spacial score (nSPS) is 18.1. The Morgan fingerprint density at radius 3 is 2.61 bits per heavy atom. The molecule has 0 spiro atoms. The number of phenolic OH excluding ortho intramolecular Hbond substituents is 1. The smallest absolute Gasteiger partial charge is 0.351 e. The minimum atomic E-state index is -1.10. The molecule has 2 heterocycles. The zero-order valence-corrected chi connectivity index (χ0v) is 15.3. The second kappa shape index (κ2) is 6.92. The van der Waals surface area contributed by atoms with E-state index in [1.165, 1.54) is 18.2 Å². The number of carbonyl (C=O) groups is 1. The first kappa shape index (κ1) is 17.9. The highest BCUT2D eigenvalue weighted by molar-refractivity contribution is 5.89. The molecule has 1 aliphatic heterocycles. The Hall–Kier alpha value is -3.48. The number of rotatable bonds is 3. The van der Waals surface area contributed by atoms with Crippen LogP contribution in [0.5, 0.6) is 17.2 Å². The summed E-state index contributed by atoms with van der Waals surface area (Å²) in [6.07, 6.45) is -1.89. The summed E-state index contributed by atoms with van der Waals surface area (Å²) >= 11 is 0.